The Kier molecular flexibility index (Phi) is 5.83. The Balaban J connectivity index is 2.02. The van der Waals surface area contributed by atoms with Crippen LogP contribution in [0, 0.1) is 11.3 Å². The summed E-state index contributed by atoms with van der Waals surface area (Å²) in [5.74, 6) is 0.945. The molecule has 2 nitrogen and oxygen atoms in total. The van der Waals surface area contributed by atoms with E-state index in [-0.39, 0.29) is 5.41 Å². The third-order valence-corrected chi connectivity index (χ3v) is 4.79. The van der Waals surface area contributed by atoms with E-state index in [2.05, 4.69) is 68.4 Å². The summed E-state index contributed by atoms with van der Waals surface area (Å²) in [4.78, 5) is 2.54. The van der Waals surface area contributed by atoms with E-state index in [1.807, 2.05) is 0 Å². The van der Waals surface area contributed by atoms with Gasteiger partial charge in [-0.25, -0.2) is 0 Å². The van der Waals surface area contributed by atoms with Crippen LogP contribution in [0.15, 0.2) is 30.3 Å². The lowest BCUT2D eigenvalue weighted by atomic mass is 9.79. The van der Waals surface area contributed by atoms with Crippen LogP contribution in [0.3, 0.4) is 0 Å². The molecule has 0 aromatic heterocycles. The maximum Gasteiger partial charge on any atom is 0.0384 e. The quantitative estimate of drug-likeness (QED) is 0.775. The summed E-state index contributed by atoms with van der Waals surface area (Å²) in [5, 5.41) is 3.70. The van der Waals surface area contributed by atoms with Crippen molar-refractivity contribution in [3.05, 3.63) is 35.9 Å². The van der Waals surface area contributed by atoms with Crippen molar-refractivity contribution in [3.63, 3.8) is 0 Å². The molecule has 0 spiro atoms. The van der Waals surface area contributed by atoms with Gasteiger partial charge < -0.3 is 10.2 Å². The van der Waals surface area contributed by atoms with Gasteiger partial charge >= 0.3 is 0 Å². The van der Waals surface area contributed by atoms with E-state index < -0.39 is 0 Å². The van der Waals surface area contributed by atoms with Crippen LogP contribution < -0.4 is 5.32 Å². The molecule has 1 N–H and O–H groups in total. The smallest absolute Gasteiger partial charge is 0.0384 e. The molecule has 1 aliphatic carbocycles. The Morgan fingerprint density at radius 3 is 2.43 bits per heavy atom. The second-order valence-corrected chi connectivity index (χ2v) is 7.38. The molecular weight excluding hydrogens is 256 g/mol. The fraction of sp³-hybridized carbons (Fsp3) is 0.684. The van der Waals surface area contributed by atoms with Crippen molar-refractivity contribution < 1.29 is 0 Å². The predicted octanol–water partition coefficient (Wildman–Crippen LogP) is 4.10. The molecular formula is C19H32N2. The fourth-order valence-electron chi connectivity index (χ4n) is 3.66. The van der Waals surface area contributed by atoms with Crippen molar-refractivity contribution in [3.8, 4) is 0 Å². The third-order valence-electron chi connectivity index (χ3n) is 4.79. The van der Waals surface area contributed by atoms with E-state index in [1.54, 1.807) is 0 Å². The predicted molar refractivity (Wildman–Crippen MR) is 91.5 cm³/mol. The normalized spacial score (nSPS) is 17.8. The topological polar surface area (TPSA) is 15.3 Å². The fourth-order valence-corrected chi connectivity index (χ4v) is 3.66. The highest BCUT2D eigenvalue weighted by Crippen LogP contribution is 2.35. The van der Waals surface area contributed by atoms with Gasteiger partial charge in [0.2, 0.25) is 0 Å². The lowest BCUT2D eigenvalue weighted by Gasteiger charge is -2.40. The van der Waals surface area contributed by atoms with E-state index in [0.717, 1.165) is 19.0 Å². The van der Waals surface area contributed by atoms with E-state index in [0.29, 0.717) is 6.04 Å². The van der Waals surface area contributed by atoms with Gasteiger partial charge in [0.25, 0.3) is 0 Å². The van der Waals surface area contributed by atoms with Gasteiger partial charge in [-0.3, -0.25) is 0 Å². The van der Waals surface area contributed by atoms with Crippen LogP contribution in [0.5, 0.6) is 0 Å². The van der Waals surface area contributed by atoms with Gasteiger partial charge in [-0.1, -0.05) is 57.5 Å². The lowest BCUT2D eigenvalue weighted by Crippen LogP contribution is -2.43. The summed E-state index contributed by atoms with van der Waals surface area (Å²) in [7, 11) is 2.29. The summed E-state index contributed by atoms with van der Waals surface area (Å²) in [6.07, 6.45) is 4.30. The lowest BCUT2D eigenvalue weighted by molar-refractivity contribution is 0.125. The van der Waals surface area contributed by atoms with Crippen molar-refractivity contribution >= 4 is 0 Å². The zero-order valence-electron chi connectivity index (χ0n) is 14.2. The van der Waals surface area contributed by atoms with Gasteiger partial charge in [0.1, 0.15) is 0 Å². The molecule has 1 aliphatic rings. The first-order chi connectivity index (χ1) is 10.0. The maximum absolute atomic E-state index is 3.70. The monoisotopic (exact) mass is 288 g/mol. The Morgan fingerprint density at radius 2 is 1.90 bits per heavy atom. The number of nitrogens with one attached hydrogen (secondary N) is 1. The second kappa shape index (κ2) is 7.42. The number of nitrogens with zero attached hydrogens (tertiary/aromatic N) is 1. The van der Waals surface area contributed by atoms with Crippen LogP contribution >= 0.6 is 0 Å². The van der Waals surface area contributed by atoms with Gasteiger partial charge in [0, 0.05) is 19.1 Å². The molecule has 0 amide bonds. The van der Waals surface area contributed by atoms with Crippen LogP contribution in [0.25, 0.3) is 0 Å². The largest absolute Gasteiger partial charge is 0.310 e. The summed E-state index contributed by atoms with van der Waals surface area (Å²) in [6, 6.07) is 11.3. The van der Waals surface area contributed by atoms with Crippen molar-refractivity contribution in [1.29, 1.82) is 0 Å². The molecule has 1 fully saturated rings. The Morgan fingerprint density at radius 1 is 1.24 bits per heavy atom. The van der Waals surface area contributed by atoms with Crippen LogP contribution in [0.2, 0.25) is 0 Å². The first-order valence-electron chi connectivity index (χ1n) is 8.50. The van der Waals surface area contributed by atoms with Crippen LogP contribution in [-0.2, 0) is 0 Å². The number of rotatable bonds is 8. The molecule has 2 rings (SSSR count). The molecule has 1 atom stereocenters. The minimum absolute atomic E-state index is 0.218. The highest BCUT2D eigenvalue weighted by Gasteiger charge is 2.32. The van der Waals surface area contributed by atoms with Gasteiger partial charge in [-0.05, 0) is 43.3 Å². The van der Waals surface area contributed by atoms with E-state index in [9.17, 15) is 0 Å². The van der Waals surface area contributed by atoms with E-state index in [1.165, 1.54) is 31.4 Å². The third kappa shape index (κ3) is 4.55. The van der Waals surface area contributed by atoms with Crippen molar-refractivity contribution in [2.24, 2.45) is 11.3 Å². The first kappa shape index (κ1) is 16.5. The molecule has 1 aromatic rings. The summed E-state index contributed by atoms with van der Waals surface area (Å²) in [6.45, 7) is 10.4. The highest BCUT2D eigenvalue weighted by atomic mass is 15.1. The molecule has 1 aromatic carbocycles. The SMILES string of the molecule is CCNC(c1ccccc1)C(C)(C)CN(C)CC1CCC1. The summed E-state index contributed by atoms with van der Waals surface area (Å²) in [5.41, 5.74) is 1.62. The molecule has 1 unspecified atom stereocenters. The molecule has 2 heteroatoms. The van der Waals surface area contributed by atoms with Crippen LogP contribution in [-0.4, -0.2) is 31.6 Å². The summed E-state index contributed by atoms with van der Waals surface area (Å²) >= 11 is 0. The van der Waals surface area contributed by atoms with Crippen molar-refractivity contribution in [1.82, 2.24) is 10.2 Å². The van der Waals surface area contributed by atoms with E-state index in [4.69, 9.17) is 0 Å². The van der Waals surface area contributed by atoms with Gasteiger partial charge in [0.05, 0.1) is 0 Å². The molecule has 0 aliphatic heterocycles. The minimum atomic E-state index is 0.218. The zero-order valence-corrected chi connectivity index (χ0v) is 14.2. The standard InChI is InChI=1S/C19H32N2/c1-5-20-18(17-12-7-6-8-13-17)19(2,3)15-21(4)14-16-10-9-11-16/h6-8,12-13,16,18,20H,5,9-11,14-15H2,1-4H3. The first-order valence-corrected chi connectivity index (χ1v) is 8.50. The molecule has 1 saturated carbocycles. The minimum Gasteiger partial charge on any atom is -0.310 e. The Bertz CT molecular complexity index is 409. The molecule has 0 heterocycles. The molecule has 21 heavy (non-hydrogen) atoms. The molecule has 118 valence electrons. The van der Waals surface area contributed by atoms with Crippen LogP contribution in [0.1, 0.15) is 51.6 Å². The van der Waals surface area contributed by atoms with E-state index >= 15 is 0 Å². The molecule has 0 saturated heterocycles. The molecule has 0 bridgehead atoms. The zero-order chi connectivity index (χ0) is 15.3. The van der Waals surface area contributed by atoms with Crippen molar-refractivity contribution in [2.45, 2.75) is 46.1 Å². The van der Waals surface area contributed by atoms with Crippen molar-refractivity contribution in [2.75, 3.05) is 26.7 Å². The van der Waals surface area contributed by atoms with Crippen LogP contribution in [0.4, 0.5) is 0 Å². The molecule has 0 radical (unpaired) electrons. The van der Waals surface area contributed by atoms with Gasteiger partial charge in [-0.15, -0.1) is 0 Å². The van der Waals surface area contributed by atoms with Gasteiger partial charge in [-0.2, -0.15) is 0 Å². The summed E-state index contributed by atoms with van der Waals surface area (Å²) < 4.78 is 0. The second-order valence-electron chi connectivity index (χ2n) is 7.38. The average molecular weight is 288 g/mol. The number of benzene rings is 1. The maximum atomic E-state index is 3.70. The Hall–Kier alpha value is -0.860. The highest BCUT2D eigenvalue weighted by molar-refractivity contribution is 5.21. The number of hydrogen-bond acceptors (Lipinski definition) is 2. The Labute approximate surface area is 130 Å². The van der Waals surface area contributed by atoms with Gasteiger partial charge in [0.15, 0.2) is 0 Å². The average Bonchev–Trinajstić information content (AvgIpc) is 2.40. The number of hydrogen-bond donors (Lipinski definition) is 1.